The zero-order valence-corrected chi connectivity index (χ0v) is 13.0. The summed E-state index contributed by atoms with van der Waals surface area (Å²) in [6, 6.07) is 3.46. The molecule has 3 rings (SSSR count). The van der Waals surface area contributed by atoms with Gasteiger partial charge in [0.05, 0.1) is 0 Å². The first-order valence-electron chi connectivity index (χ1n) is 7.57. The fourth-order valence-electron chi connectivity index (χ4n) is 3.45. The zero-order valence-electron chi connectivity index (χ0n) is 12.1. The Kier molecular flexibility index (Phi) is 3.71. The van der Waals surface area contributed by atoms with E-state index in [1.54, 1.807) is 11.3 Å². The molecule has 19 heavy (non-hydrogen) atoms. The molecule has 1 heterocycles. The van der Waals surface area contributed by atoms with Gasteiger partial charge in [-0.1, -0.05) is 13.8 Å². The lowest BCUT2D eigenvalue weighted by Crippen LogP contribution is -2.42. The molecule has 0 aromatic carbocycles. The fraction of sp³-hybridized carbons (Fsp3) is 0.750. The van der Waals surface area contributed by atoms with Crippen molar-refractivity contribution in [1.29, 1.82) is 0 Å². The first kappa shape index (κ1) is 13.6. The molecular formula is C16H26N2S. The molecular weight excluding hydrogens is 252 g/mol. The third kappa shape index (κ3) is 3.04. The second kappa shape index (κ2) is 5.19. The van der Waals surface area contributed by atoms with Crippen LogP contribution >= 0.6 is 11.3 Å². The molecule has 3 heteroatoms. The van der Waals surface area contributed by atoms with Crippen LogP contribution in [0, 0.1) is 11.3 Å². The van der Waals surface area contributed by atoms with Gasteiger partial charge in [-0.25, -0.2) is 0 Å². The van der Waals surface area contributed by atoms with E-state index in [0.717, 1.165) is 12.6 Å². The molecule has 2 atom stereocenters. The predicted octanol–water partition coefficient (Wildman–Crippen LogP) is 3.48. The molecule has 0 bridgehead atoms. The maximum Gasteiger partial charge on any atom is 0.0245 e. The number of hydrogen-bond acceptors (Lipinski definition) is 3. The minimum Gasteiger partial charge on any atom is -0.327 e. The van der Waals surface area contributed by atoms with Crippen molar-refractivity contribution in [2.45, 2.75) is 58.2 Å². The van der Waals surface area contributed by atoms with Crippen LogP contribution in [0.2, 0.25) is 0 Å². The quantitative estimate of drug-likeness (QED) is 0.893. The zero-order chi connectivity index (χ0) is 13.5. The molecule has 2 N–H and O–H groups in total. The molecule has 0 radical (unpaired) electrons. The van der Waals surface area contributed by atoms with E-state index in [1.165, 1.54) is 37.8 Å². The Morgan fingerprint density at radius 2 is 2.16 bits per heavy atom. The first-order chi connectivity index (χ1) is 9.06. The maximum absolute atomic E-state index is 6.47. The SMILES string of the molecule is CC1(C)CCC(CN(Cc2ccsc2)C2CC2)C1N. The van der Waals surface area contributed by atoms with Crippen LogP contribution in [0.15, 0.2) is 16.8 Å². The number of thiophene rings is 1. The summed E-state index contributed by atoms with van der Waals surface area (Å²) in [6.45, 7) is 6.99. The first-order valence-corrected chi connectivity index (χ1v) is 8.51. The number of hydrogen-bond donors (Lipinski definition) is 1. The Morgan fingerprint density at radius 1 is 1.37 bits per heavy atom. The summed E-state index contributed by atoms with van der Waals surface area (Å²) in [5, 5.41) is 4.47. The molecule has 106 valence electrons. The van der Waals surface area contributed by atoms with Crippen LogP contribution in [-0.4, -0.2) is 23.5 Å². The van der Waals surface area contributed by atoms with Crippen LogP contribution in [0.1, 0.15) is 45.1 Å². The van der Waals surface area contributed by atoms with Crippen molar-refractivity contribution in [3.63, 3.8) is 0 Å². The largest absolute Gasteiger partial charge is 0.327 e. The van der Waals surface area contributed by atoms with E-state index in [-0.39, 0.29) is 0 Å². The summed E-state index contributed by atoms with van der Waals surface area (Å²) in [5.74, 6) is 0.689. The average molecular weight is 278 g/mol. The monoisotopic (exact) mass is 278 g/mol. The molecule has 0 aliphatic heterocycles. The highest BCUT2D eigenvalue weighted by Crippen LogP contribution is 2.41. The molecule has 1 aromatic heterocycles. The third-order valence-corrected chi connectivity index (χ3v) is 5.80. The van der Waals surface area contributed by atoms with E-state index >= 15 is 0 Å². The lowest BCUT2D eigenvalue weighted by Gasteiger charge is -2.31. The Bertz CT molecular complexity index is 408. The van der Waals surface area contributed by atoms with Gasteiger partial charge >= 0.3 is 0 Å². The highest BCUT2D eigenvalue weighted by Gasteiger charge is 2.41. The second-order valence-corrected chi connectivity index (χ2v) is 7.89. The van der Waals surface area contributed by atoms with Gasteiger partial charge < -0.3 is 5.73 Å². The van der Waals surface area contributed by atoms with Gasteiger partial charge in [0, 0.05) is 25.2 Å². The Balaban J connectivity index is 1.62. The molecule has 2 nitrogen and oxygen atoms in total. The van der Waals surface area contributed by atoms with Crippen molar-refractivity contribution in [2.24, 2.45) is 17.1 Å². The van der Waals surface area contributed by atoms with Crippen molar-refractivity contribution in [3.05, 3.63) is 22.4 Å². The summed E-state index contributed by atoms with van der Waals surface area (Å²) in [7, 11) is 0. The van der Waals surface area contributed by atoms with Gasteiger partial charge in [-0.3, -0.25) is 4.90 Å². The van der Waals surface area contributed by atoms with Gasteiger partial charge in [0.2, 0.25) is 0 Å². The fourth-order valence-corrected chi connectivity index (χ4v) is 4.11. The summed E-state index contributed by atoms with van der Waals surface area (Å²) in [6.07, 6.45) is 5.36. The number of nitrogens with zero attached hydrogens (tertiary/aromatic N) is 1. The highest BCUT2D eigenvalue weighted by atomic mass is 32.1. The van der Waals surface area contributed by atoms with Gasteiger partial charge in [-0.15, -0.1) is 0 Å². The predicted molar refractivity (Wildman–Crippen MR) is 82.2 cm³/mol. The molecule has 2 aliphatic carbocycles. The molecule has 1 aromatic rings. The van der Waals surface area contributed by atoms with E-state index in [2.05, 4.69) is 35.6 Å². The maximum atomic E-state index is 6.47. The van der Waals surface area contributed by atoms with Crippen molar-refractivity contribution in [2.75, 3.05) is 6.54 Å². The van der Waals surface area contributed by atoms with Crippen LogP contribution in [0.4, 0.5) is 0 Å². The third-order valence-electron chi connectivity index (χ3n) is 5.07. The van der Waals surface area contributed by atoms with Crippen LogP contribution in [0.3, 0.4) is 0 Å². The van der Waals surface area contributed by atoms with Crippen LogP contribution in [0.5, 0.6) is 0 Å². The van der Waals surface area contributed by atoms with Crippen molar-refractivity contribution < 1.29 is 0 Å². The van der Waals surface area contributed by atoms with Crippen LogP contribution in [-0.2, 0) is 6.54 Å². The van der Waals surface area contributed by atoms with E-state index < -0.39 is 0 Å². The van der Waals surface area contributed by atoms with E-state index in [4.69, 9.17) is 5.73 Å². The number of rotatable bonds is 5. The van der Waals surface area contributed by atoms with Crippen LogP contribution < -0.4 is 5.73 Å². The van der Waals surface area contributed by atoms with Gasteiger partial charge in [0.1, 0.15) is 0 Å². The van der Waals surface area contributed by atoms with Crippen molar-refractivity contribution in [1.82, 2.24) is 4.90 Å². The standard InChI is InChI=1S/C16H26N2S/c1-16(2)7-5-13(15(16)17)10-18(14-3-4-14)9-12-6-8-19-11-12/h6,8,11,13-15H,3-5,7,9-10,17H2,1-2H3. The molecule has 2 fully saturated rings. The van der Waals surface area contributed by atoms with E-state index in [1.807, 2.05) is 0 Å². The minimum atomic E-state index is 0.336. The molecule has 0 amide bonds. The van der Waals surface area contributed by atoms with Gasteiger partial charge in [-0.2, -0.15) is 11.3 Å². The second-order valence-electron chi connectivity index (χ2n) is 7.11. The lowest BCUT2D eigenvalue weighted by atomic mass is 9.85. The summed E-state index contributed by atoms with van der Waals surface area (Å²) in [4.78, 5) is 2.69. The summed E-state index contributed by atoms with van der Waals surface area (Å²) >= 11 is 1.81. The van der Waals surface area contributed by atoms with Gasteiger partial charge in [0.25, 0.3) is 0 Å². The smallest absolute Gasteiger partial charge is 0.0245 e. The molecule has 2 saturated carbocycles. The van der Waals surface area contributed by atoms with Crippen molar-refractivity contribution in [3.8, 4) is 0 Å². The number of nitrogens with two attached hydrogens (primary N) is 1. The topological polar surface area (TPSA) is 29.3 Å². The van der Waals surface area contributed by atoms with Gasteiger partial charge in [-0.05, 0) is 59.4 Å². The Morgan fingerprint density at radius 3 is 2.68 bits per heavy atom. The van der Waals surface area contributed by atoms with E-state index in [0.29, 0.717) is 17.4 Å². The molecule has 2 unspecified atom stereocenters. The minimum absolute atomic E-state index is 0.336. The normalized spacial score (nSPS) is 30.1. The summed E-state index contributed by atoms with van der Waals surface area (Å²) < 4.78 is 0. The van der Waals surface area contributed by atoms with Crippen molar-refractivity contribution >= 4 is 11.3 Å². The molecule has 0 saturated heterocycles. The molecule has 0 spiro atoms. The summed E-state index contributed by atoms with van der Waals surface area (Å²) in [5.41, 5.74) is 8.28. The van der Waals surface area contributed by atoms with Gasteiger partial charge in [0.15, 0.2) is 0 Å². The van der Waals surface area contributed by atoms with Crippen LogP contribution in [0.25, 0.3) is 0 Å². The Hall–Kier alpha value is -0.380. The van der Waals surface area contributed by atoms with E-state index in [9.17, 15) is 0 Å². The lowest BCUT2D eigenvalue weighted by molar-refractivity contribution is 0.190. The Labute approximate surface area is 121 Å². The average Bonchev–Trinajstić information content (AvgIpc) is 3.04. The molecule has 2 aliphatic rings. The highest BCUT2D eigenvalue weighted by molar-refractivity contribution is 7.07.